The molecule has 7 nitrogen and oxygen atoms in total. The first kappa shape index (κ1) is 22.3. The molecule has 3 aromatic rings. The van der Waals surface area contributed by atoms with Crippen LogP contribution in [0.5, 0.6) is 0 Å². The van der Waals surface area contributed by atoms with Crippen molar-refractivity contribution in [3.05, 3.63) is 68.5 Å². The Morgan fingerprint density at radius 1 is 1.22 bits per heavy atom. The van der Waals surface area contributed by atoms with E-state index in [0.29, 0.717) is 16.3 Å². The van der Waals surface area contributed by atoms with Crippen LogP contribution in [0.25, 0.3) is 11.3 Å². The molecule has 1 aliphatic rings. The number of amides is 4. The van der Waals surface area contributed by atoms with E-state index in [1.807, 2.05) is 18.4 Å². The number of halogens is 2. The van der Waals surface area contributed by atoms with Gasteiger partial charge in [0, 0.05) is 32.2 Å². The molecule has 2 heterocycles. The third-order valence-corrected chi connectivity index (χ3v) is 6.43. The molecule has 4 rings (SSSR count). The van der Waals surface area contributed by atoms with Crippen molar-refractivity contribution in [2.24, 2.45) is 0 Å². The van der Waals surface area contributed by atoms with Gasteiger partial charge in [0.05, 0.1) is 10.7 Å². The maximum absolute atomic E-state index is 13.1. The molecular formula is C22H18Cl2N4O3S. The lowest BCUT2D eigenvalue weighted by Crippen LogP contribution is -2.42. The van der Waals surface area contributed by atoms with Gasteiger partial charge in [-0.25, -0.2) is 9.78 Å². The molecule has 0 radical (unpaired) electrons. The van der Waals surface area contributed by atoms with Gasteiger partial charge in [0.1, 0.15) is 12.1 Å². The molecule has 1 saturated heterocycles. The lowest BCUT2D eigenvalue weighted by molar-refractivity contribution is -0.133. The van der Waals surface area contributed by atoms with Crippen molar-refractivity contribution in [1.29, 1.82) is 0 Å². The summed E-state index contributed by atoms with van der Waals surface area (Å²) in [6, 6.07) is 11.2. The van der Waals surface area contributed by atoms with E-state index in [9.17, 15) is 14.4 Å². The van der Waals surface area contributed by atoms with Crippen LogP contribution in [0.15, 0.2) is 47.8 Å². The maximum Gasteiger partial charge on any atom is 0.325 e. The number of aromatic nitrogens is 1. The van der Waals surface area contributed by atoms with Gasteiger partial charge in [-0.05, 0) is 38.1 Å². The van der Waals surface area contributed by atoms with Crippen molar-refractivity contribution in [3.8, 4) is 11.3 Å². The maximum atomic E-state index is 13.1. The number of aryl methyl sites for hydroxylation is 1. The van der Waals surface area contributed by atoms with Gasteiger partial charge in [-0.15, -0.1) is 11.3 Å². The molecule has 10 heteroatoms. The number of benzene rings is 2. The van der Waals surface area contributed by atoms with Gasteiger partial charge in [-0.2, -0.15) is 0 Å². The van der Waals surface area contributed by atoms with E-state index >= 15 is 0 Å². The minimum Gasteiger partial charge on any atom is -0.325 e. The average molecular weight is 489 g/mol. The molecule has 164 valence electrons. The van der Waals surface area contributed by atoms with E-state index < -0.39 is 29.9 Å². The topological polar surface area (TPSA) is 91.4 Å². The quantitative estimate of drug-likeness (QED) is 0.503. The van der Waals surface area contributed by atoms with Crippen molar-refractivity contribution < 1.29 is 14.4 Å². The molecule has 1 unspecified atom stereocenters. The number of urea groups is 1. The largest absolute Gasteiger partial charge is 0.325 e. The number of anilines is 1. The molecule has 4 amide bonds. The Hall–Kier alpha value is -2.94. The molecule has 1 aliphatic heterocycles. The first-order chi connectivity index (χ1) is 15.2. The highest BCUT2D eigenvalue weighted by Crippen LogP contribution is 2.35. The lowest BCUT2D eigenvalue weighted by atomic mass is 9.92. The Labute approximate surface area is 198 Å². The van der Waals surface area contributed by atoms with Crippen LogP contribution in [0, 0.1) is 6.92 Å². The number of carbonyl (C=O) groups is 3. The van der Waals surface area contributed by atoms with E-state index in [4.69, 9.17) is 23.2 Å². The normalized spacial score (nSPS) is 18.1. The van der Waals surface area contributed by atoms with Crippen LogP contribution in [0.4, 0.5) is 10.5 Å². The molecule has 0 bridgehead atoms. The highest BCUT2D eigenvalue weighted by molar-refractivity contribution is 7.09. The number of hydrogen-bond donors (Lipinski definition) is 2. The number of thiazole rings is 1. The number of rotatable bonds is 5. The Kier molecular flexibility index (Phi) is 5.94. The van der Waals surface area contributed by atoms with Gasteiger partial charge in [0.2, 0.25) is 5.91 Å². The Morgan fingerprint density at radius 2 is 2.00 bits per heavy atom. The summed E-state index contributed by atoms with van der Waals surface area (Å²) in [5.74, 6) is -1.08. The summed E-state index contributed by atoms with van der Waals surface area (Å²) in [6.45, 7) is 3.02. The van der Waals surface area contributed by atoms with Crippen LogP contribution in [-0.4, -0.2) is 34.3 Å². The monoisotopic (exact) mass is 488 g/mol. The fourth-order valence-electron chi connectivity index (χ4n) is 3.51. The van der Waals surface area contributed by atoms with Gasteiger partial charge in [0.25, 0.3) is 5.91 Å². The number of carbonyl (C=O) groups excluding carboxylic acids is 3. The predicted molar refractivity (Wildman–Crippen MR) is 125 cm³/mol. The second kappa shape index (κ2) is 8.54. The lowest BCUT2D eigenvalue weighted by Gasteiger charge is -2.23. The summed E-state index contributed by atoms with van der Waals surface area (Å²) in [7, 11) is 0. The summed E-state index contributed by atoms with van der Waals surface area (Å²) in [5.41, 5.74) is 1.20. The number of hydrogen-bond acceptors (Lipinski definition) is 5. The molecule has 1 atom stereocenters. The van der Waals surface area contributed by atoms with Gasteiger partial charge < -0.3 is 10.6 Å². The zero-order valence-corrected chi connectivity index (χ0v) is 19.4. The van der Waals surface area contributed by atoms with Gasteiger partial charge in [0.15, 0.2) is 0 Å². The summed E-state index contributed by atoms with van der Waals surface area (Å²) in [5, 5.41) is 8.89. The minimum atomic E-state index is -1.40. The Bertz CT molecular complexity index is 1250. The molecule has 32 heavy (non-hydrogen) atoms. The van der Waals surface area contributed by atoms with Crippen molar-refractivity contribution >= 4 is 58.1 Å². The van der Waals surface area contributed by atoms with Gasteiger partial charge in [-0.1, -0.05) is 41.4 Å². The van der Waals surface area contributed by atoms with Crippen molar-refractivity contribution in [3.63, 3.8) is 0 Å². The zero-order valence-electron chi connectivity index (χ0n) is 17.1. The third kappa shape index (κ3) is 4.21. The molecule has 1 aromatic heterocycles. The standard InChI is InChI=1S/C22H18Cl2N4O3S/c1-12-25-18(11-32-12)13-4-3-5-15(8-13)26-19(29)10-28-20(30)22(2,27-21(28)31)16-7-6-14(23)9-17(16)24/h3-9,11H,10H2,1-2H3,(H,26,29)(H,27,31). The summed E-state index contributed by atoms with van der Waals surface area (Å²) >= 11 is 13.7. The van der Waals surface area contributed by atoms with Crippen molar-refractivity contribution in [2.75, 3.05) is 11.9 Å². The predicted octanol–water partition coefficient (Wildman–Crippen LogP) is 4.83. The Balaban J connectivity index is 1.49. The number of nitrogens with one attached hydrogen (secondary N) is 2. The van der Waals surface area contributed by atoms with E-state index in [0.717, 1.165) is 21.2 Å². The van der Waals surface area contributed by atoms with Crippen molar-refractivity contribution in [2.45, 2.75) is 19.4 Å². The van der Waals surface area contributed by atoms with E-state index in [2.05, 4.69) is 15.6 Å². The van der Waals surface area contributed by atoms with Gasteiger partial charge >= 0.3 is 6.03 Å². The molecular weight excluding hydrogens is 471 g/mol. The SMILES string of the molecule is Cc1nc(-c2cccc(NC(=O)CN3C(=O)NC(C)(c4ccc(Cl)cc4Cl)C3=O)c2)cs1. The molecule has 0 spiro atoms. The molecule has 2 N–H and O–H groups in total. The number of nitrogens with zero attached hydrogens (tertiary/aromatic N) is 2. The molecule has 0 aliphatic carbocycles. The molecule has 2 aromatic carbocycles. The highest BCUT2D eigenvalue weighted by atomic mass is 35.5. The summed E-state index contributed by atoms with van der Waals surface area (Å²) < 4.78 is 0. The van der Waals surface area contributed by atoms with Gasteiger partial charge in [-0.3, -0.25) is 14.5 Å². The van der Waals surface area contributed by atoms with Crippen LogP contribution >= 0.6 is 34.5 Å². The smallest absolute Gasteiger partial charge is 0.325 e. The van der Waals surface area contributed by atoms with Crippen LogP contribution in [0.2, 0.25) is 10.0 Å². The van der Waals surface area contributed by atoms with E-state index in [1.54, 1.807) is 37.3 Å². The first-order valence-electron chi connectivity index (χ1n) is 9.59. The van der Waals surface area contributed by atoms with Crippen molar-refractivity contribution in [1.82, 2.24) is 15.2 Å². The number of imide groups is 1. The second-order valence-corrected chi connectivity index (χ2v) is 9.36. The minimum absolute atomic E-state index is 0.244. The molecule has 0 saturated carbocycles. The second-order valence-electron chi connectivity index (χ2n) is 7.45. The fraction of sp³-hybridized carbons (Fsp3) is 0.182. The third-order valence-electron chi connectivity index (χ3n) is 5.11. The first-order valence-corrected chi connectivity index (χ1v) is 11.2. The Morgan fingerprint density at radius 3 is 2.69 bits per heavy atom. The highest BCUT2D eigenvalue weighted by Gasteiger charge is 2.50. The van der Waals surface area contributed by atoms with Crippen LogP contribution in [0.1, 0.15) is 17.5 Å². The van der Waals surface area contributed by atoms with Crippen LogP contribution < -0.4 is 10.6 Å². The van der Waals surface area contributed by atoms with E-state index in [-0.39, 0.29) is 5.02 Å². The van der Waals surface area contributed by atoms with E-state index in [1.165, 1.54) is 17.4 Å². The average Bonchev–Trinajstić information content (AvgIpc) is 3.25. The molecule has 1 fully saturated rings. The zero-order chi connectivity index (χ0) is 23.0. The van der Waals surface area contributed by atoms with Crippen LogP contribution in [-0.2, 0) is 15.1 Å². The fourth-order valence-corrected chi connectivity index (χ4v) is 4.73. The summed E-state index contributed by atoms with van der Waals surface area (Å²) in [6.07, 6.45) is 0. The van der Waals surface area contributed by atoms with Crippen LogP contribution in [0.3, 0.4) is 0 Å². The summed E-state index contributed by atoms with van der Waals surface area (Å²) in [4.78, 5) is 43.5.